The van der Waals surface area contributed by atoms with Crippen molar-refractivity contribution in [2.24, 2.45) is 0 Å². The normalized spacial score (nSPS) is 12.4. The van der Waals surface area contributed by atoms with E-state index in [1.165, 1.54) is 77.9 Å². The molecule has 1 aliphatic carbocycles. The summed E-state index contributed by atoms with van der Waals surface area (Å²) in [7, 11) is 0. The van der Waals surface area contributed by atoms with Crippen molar-refractivity contribution in [3.8, 4) is 66.8 Å². The van der Waals surface area contributed by atoms with E-state index in [-0.39, 0.29) is 5.41 Å². The molecule has 0 bridgehead atoms. The van der Waals surface area contributed by atoms with E-state index < -0.39 is 0 Å². The SMILES string of the molecule is CC1(C)c2cc(N(c3ccc(-c4ccccc4)cc3)c3ccc(-c4ccccc4)cc3)c(-c3ccccc3)cc2-c2c(-c3cccc(-c4ccccc4)c3)cccc21. The number of rotatable bonds is 8. The summed E-state index contributed by atoms with van der Waals surface area (Å²) in [6.45, 7) is 4.78. The number of nitrogens with zero attached hydrogens (tertiary/aromatic N) is 1. The second kappa shape index (κ2) is 14.7. The molecule has 0 radical (unpaired) electrons. The molecule has 0 fully saturated rings. The number of benzene rings is 9. The number of hydrogen-bond donors (Lipinski definition) is 0. The van der Waals surface area contributed by atoms with Crippen molar-refractivity contribution < 1.29 is 0 Å². The van der Waals surface area contributed by atoms with Crippen LogP contribution in [-0.2, 0) is 5.41 Å². The maximum absolute atomic E-state index is 2.48. The molecule has 0 aromatic heterocycles. The lowest BCUT2D eigenvalue weighted by Gasteiger charge is -2.30. The fourth-order valence-corrected chi connectivity index (χ4v) is 8.89. The number of hydrogen-bond acceptors (Lipinski definition) is 1. The first-order chi connectivity index (χ1) is 28.5. The molecule has 0 amide bonds. The summed E-state index contributed by atoms with van der Waals surface area (Å²) < 4.78 is 0. The summed E-state index contributed by atoms with van der Waals surface area (Å²) in [5.41, 5.74) is 20.5. The van der Waals surface area contributed by atoms with E-state index >= 15 is 0 Å². The Bertz CT molecular complexity index is 2770. The highest BCUT2D eigenvalue weighted by atomic mass is 15.1. The highest BCUT2D eigenvalue weighted by molar-refractivity contribution is 5.99. The van der Waals surface area contributed by atoms with Crippen LogP contribution in [0, 0.1) is 0 Å². The molecule has 9 aromatic rings. The van der Waals surface area contributed by atoms with Gasteiger partial charge in [-0.05, 0) is 115 Å². The van der Waals surface area contributed by atoms with Gasteiger partial charge in [-0.2, -0.15) is 0 Å². The monoisotopic (exact) mass is 741 g/mol. The Morgan fingerprint density at radius 2 is 0.724 bits per heavy atom. The van der Waals surface area contributed by atoms with Gasteiger partial charge in [-0.15, -0.1) is 0 Å². The van der Waals surface area contributed by atoms with Crippen molar-refractivity contribution in [1.29, 1.82) is 0 Å². The molecular formula is C57H43N. The topological polar surface area (TPSA) is 3.24 Å². The quantitative estimate of drug-likeness (QED) is 0.150. The van der Waals surface area contributed by atoms with E-state index in [1.54, 1.807) is 0 Å². The summed E-state index contributed by atoms with van der Waals surface area (Å²) in [4.78, 5) is 2.45. The fraction of sp³-hybridized carbons (Fsp3) is 0.0526. The Kier molecular flexibility index (Phi) is 8.92. The summed E-state index contributed by atoms with van der Waals surface area (Å²) in [5.74, 6) is 0. The lowest BCUT2D eigenvalue weighted by atomic mass is 9.81. The van der Waals surface area contributed by atoms with Gasteiger partial charge < -0.3 is 4.90 Å². The van der Waals surface area contributed by atoms with Crippen LogP contribution in [0.15, 0.2) is 224 Å². The molecule has 0 saturated heterocycles. The minimum absolute atomic E-state index is 0.234. The van der Waals surface area contributed by atoms with Crippen molar-refractivity contribution in [3.63, 3.8) is 0 Å². The molecule has 1 heteroatoms. The lowest BCUT2D eigenvalue weighted by Crippen LogP contribution is -2.17. The zero-order valence-electron chi connectivity index (χ0n) is 32.8. The molecule has 0 saturated carbocycles. The van der Waals surface area contributed by atoms with Crippen LogP contribution in [-0.4, -0.2) is 0 Å². The molecule has 58 heavy (non-hydrogen) atoms. The summed E-state index contributed by atoms with van der Waals surface area (Å²) in [6.07, 6.45) is 0. The Hall–Kier alpha value is -7.22. The second-order valence-corrected chi connectivity index (χ2v) is 15.7. The van der Waals surface area contributed by atoms with Gasteiger partial charge in [0.2, 0.25) is 0 Å². The van der Waals surface area contributed by atoms with Crippen molar-refractivity contribution in [2.45, 2.75) is 19.3 Å². The highest BCUT2D eigenvalue weighted by Gasteiger charge is 2.38. The van der Waals surface area contributed by atoms with E-state index in [2.05, 4.69) is 243 Å². The molecule has 0 heterocycles. The van der Waals surface area contributed by atoms with Crippen LogP contribution < -0.4 is 4.90 Å². The van der Waals surface area contributed by atoms with Gasteiger partial charge in [0.1, 0.15) is 0 Å². The average Bonchev–Trinajstić information content (AvgIpc) is 3.53. The third-order valence-corrected chi connectivity index (χ3v) is 11.9. The first kappa shape index (κ1) is 35.2. The molecule has 1 aliphatic rings. The zero-order valence-corrected chi connectivity index (χ0v) is 32.8. The van der Waals surface area contributed by atoms with Crippen molar-refractivity contribution in [3.05, 3.63) is 236 Å². The lowest BCUT2D eigenvalue weighted by molar-refractivity contribution is 0.660. The molecule has 1 nitrogen and oxygen atoms in total. The van der Waals surface area contributed by atoms with E-state index in [0.29, 0.717) is 0 Å². The second-order valence-electron chi connectivity index (χ2n) is 15.7. The van der Waals surface area contributed by atoms with Crippen LogP contribution in [0.3, 0.4) is 0 Å². The Morgan fingerprint density at radius 3 is 1.26 bits per heavy atom. The molecule has 0 spiro atoms. The largest absolute Gasteiger partial charge is 0.310 e. The summed E-state index contributed by atoms with van der Waals surface area (Å²) in [5, 5.41) is 0. The van der Waals surface area contributed by atoms with Gasteiger partial charge in [0.25, 0.3) is 0 Å². The molecule has 9 aromatic carbocycles. The minimum atomic E-state index is -0.234. The Labute approximate surface area is 342 Å². The van der Waals surface area contributed by atoms with Crippen molar-refractivity contribution in [2.75, 3.05) is 4.90 Å². The maximum Gasteiger partial charge on any atom is 0.0543 e. The molecule has 10 rings (SSSR count). The Morgan fingerprint density at radius 1 is 0.293 bits per heavy atom. The average molecular weight is 742 g/mol. The number of anilines is 3. The van der Waals surface area contributed by atoms with Gasteiger partial charge in [-0.25, -0.2) is 0 Å². The van der Waals surface area contributed by atoms with Crippen LogP contribution in [0.5, 0.6) is 0 Å². The van der Waals surface area contributed by atoms with Gasteiger partial charge in [-0.3, -0.25) is 0 Å². The predicted molar refractivity (Wildman–Crippen MR) is 246 cm³/mol. The van der Waals surface area contributed by atoms with Crippen LogP contribution in [0.4, 0.5) is 17.1 Å². The fourth-order valence-electron chi connectivity index (χ4n) is 8.89. The molecule has 0 aliphatic heterocycles. The molecular weight excluding hydrogens is 699 g/mol. The first-order valence-corrected chi connectivity index (χ1v) is 20.2. The smallest absolute Gasteiger partial charge is 0.0543 e. The zero-order chi connectivity index (χ0) is 39.1. The van der Waals surface area contributed by atoms with E-state index in [9.17, 15) is 0 Å². The maximum atomic E-state index is 2.48. The van der Waals surface area contributed by atoms with Crippen molar-refractivity contribution in [1.82, 2.24) is 0 Å². The first-order valence-electron chi connectivity index (χ1n) is 20.2. The molecule has 0 N–H and O–H groups in total. The van der Waals surface area contributed by atoms with E-state index in [1.807, 2.05) is 0 Å². The van der Waals surface area contributed by atoms with E-state index in [0.717, 1.165) is 17.1 Å². The van der Waals surface area contributed by atoms with Gasteiger partial charge in [-0.1, -0.05) is 196 Å². The molecule has 0 unspecified atom stereocenters. The molecule has 276 valence electrons. The number of fused-ring (bicyclic) bond motifs is 3. The standard InChI is InChI=1S/C57H43N/c1-57(2)53-28-16-27-50(47-26-15-25-46(37-47)42-21-11-5-12-22-42)56(53)52-38-51(45-23-13-6-14-24-45)55(39-54(52)57)58(48-33-29-43(30-34-48)40-17-7-3-8-18-40)49-35-31-44(32-36-49)41-19-9-4-10-20-41/h3-39H,1-2H3. The van der Waals surface area contributed by atoms with Gasteiger partial charge in [0, 0.05) is 22.4 Å². The predicted octanol–water partition coefficient (Wildman–Crippen LogP) is 15.8. The van der Waals surface area contributed by atoms with Gasteiger partial charge in [0.15, 0.2) is 0 Å². The van der Waals surface area contributed by atoms with Crippen LogP contribution in [0.2, 0.25) is 0 Å². The van der Waals surface area contributed by atoms with Gasteiger partial charge in [0.05, 0.1) is 5.69 Å². The summed E-state index contributed by atoms with van der Waals surface area (Å²) >= 11 is 0. The third-order valence-electron chi connectivity index (χ3n) is 11.9. The van der Waals surface area contributed by atoms with Crippen LogP contribution >= 0.6 is 0 Å². The molecule has 0 atom stereocenters. The van der Waals surface area contributed by atoms with Crippen LogP contribution in [0.25, 0.3) is 66.8 Å². The minimum Gasteiger partial charge on any atom is -0.310 e. The summed E-state index contributed by atoms with van der Waals surface area (Å²) in [6, 6.07) is 81.8. The van der Waals surface area contributed by atoms with Gasteiger partial charge >= 0.3 is 0 Å². The third kappa shape index (κ3) is 6.32. The van der Waals surface area contributed by atoms with Crippen LogP contribution in [0.1, 0.15) is 25.0 Å². The van der Waals surface area contributed by atoms with Crippen molar-refractivity contribution >= 4 is 17.1 Å². The van der Waals surface area contributed by atoms with E-state index in [4.69, 9.17) is 0 Å². The highest BCUT2D eigenvalue weighted by Crippen LogP contribution is 2.56. The Balaban J connectivity index is 1.18.